The number of hydrogen-bond acceptors (Lipinski definition) is 4. The van der Waals surface area contributed by atoms with Gasteiger partial charge in [0.15, 0.2) is 0 Å². The van der Waals surface area contributed by atoms with Gasteiger partial charge < -0.3 is 15.4 Å². The van der Waals surface area contributed by atoms with Crippen molar-refractivity contribution in [2.45, 2.75) is 13.8 Å². The first-order valence-corrected chi connectivity index (χ1v) is 7.92. The third kappa shape index (κ3) is 4.46. The third-order valence-electron chi connectivity index (χ3n) is 3.90. The highest BCUT2D eigenvalue weighted by molar-refractivity contribution is 6.15. The number of benzene rings is 2. The Morgan fingerprint density at radius 1 is 0.926 bits per heavy atom. The van der Waals surface area contributed by atoms with Gasteiger partial charge in [-0.2, -0.15) is 0 Å². The monoisotopic (exact) mass is 376 g/mol. The van der Waals surface area contributed by atoms with E-state index in [-0.39, 0.29) is 16.9 Å². The molecule has 0 unspecified atom stereocenters. The van der Waals surface area contributed by atoms with E-state index in [1.807, 2.05) is 0 Å². The zero-order chi connectivity index (χ0) is 20.2. The van der Waals surface area contributed by atoms with Crippen LogP contribution < -0.4 is 10.6 Å². The molecule has 0 aliphatic heterocycles. The predicted octanol–water partition coefficient (Wildman–Crippen LogP) is 3.35. The number of nitrogens with one attached hydrogen (secondary N) is 2. The van der Waals surface area contributed by atoms with Crippen LogP contribution in [0.5, 0.6) is 0 Å². The fourth-order valence-corrected chi connectivity index (χ4v) is 2.13. The number of esters is 1. The van der Waals surface area contributed by atoms with Gasteiger partial charge in [0.2, 0.25) is 11.8 Å². The Balaban J connectivity index is 2.19. The molecule has 0 aliphatic carbocycles. The lowest BCUT2D eigenvalue weighted by atomic mass is 9.90. The van der Waals surface area contributed by atoms with Crippen molar-refractivity contribution in [1.82, 2.24) is 0 Å². The van der Waals surface area contributed by atoms with E-state index < -0.39 is 34.8 Å². The Morgan fingerprint density at radius 3 is 2.11 bits per heavy atom. The van der Waals surface area contributed by atoms with Crippen LogP contribution in [-0.2, 0) is 14.3 Å². The van der Waals surface area contributed by atoms with Crippen LogP contribution in [0.15, 0.2) is 42.5 Å². The van der Waals surface area contributed by atoms with E-state index in [4.69, 9.17) is 0 Å². The lowest BCUT2D eigenvalue weighted by molar-refractivity contribution is -0.135. The lowest BCUT2D eigenvalue weighted by Crippen LogP contribution is -2.42. The Bertz CT molecular complexity index is 897. The van der Waals surface area contributed by atoms with Crippen molar-refractivity contribution in [3.63, 3.8) is 0 Å². The van der Waals surface area contributed by atoms with E-state index in [1.165, 1.54) is 33.1 Å². The van der Waals surface area contributed by atoms with Crippen molar-refractivity contribution in [2.75, 3.05) is 17.7 Å². The topological polar surface area (TPSA) is 84.5 Å². The Hall–Kier alpha value is -3.29. The molecule has 0 spiro atoms. The quantitative estimate of drug-likeness (QED) is 0.619. The lowest BCUT2D eigenvalue weighted by Gasteiger charge is -2.23. The van der Waals surface area contributed by atoms with Crippen LogP contribution in [0.4, 0.5) is 20.2 Å². The van der Waals surface area contributed by atoms with E-state index in [9.17, 15) is 23.2 Å². The predicted molar refractivity (Wildman–Crippen MR) is 95.2 cm³/mol. The molecule has 0 aromatic heterocycles. The number of methoxy groups -OCH3 is 1. The second-order valence-electron chi connectivity index (χ2n) is 6.19. The average molecular weight is 376 g/mol. The zero-order valence-electron chi connectivity index (χ0n) is 14.9. The summed E-state index contributed by atoms with van der Waals surface area (Å²) < 4.78 is 31.3. The first kappa shape index (κ1) is 20.0. The molecule has 8 heteroatoms. The summed E-state index contributed by atoms with van der Waals surface area (Å²) >= 11 is 0. The molecule has 6 nitrogen and oxygen atoms in total. The number of para-hydroxylation sites is 1. The average Bonchev–Trinajstić information content (AvgIpc) is 2.63. The summed E-state index contributed by atoms with van der Waals surface area (Å²) in [7, 11) is 1.20. The van der Waals surface area contributed by atoms with Crippen LogP contribution in [0.2, 0.25) is 0 Å². The van der Waals surface area contributed by atoms with Crippen molar-refractivity contribution in [1.29, 1.82) is 0 Å². The van der Waals surface area contributed by atoms with Crippen LogP contribution in [0.1, 0.15) is 24.2 Å². The van der Waals surface area contributed by atoms with Gasteiger partial charge in [0.1, 0.15) is 17.0 Å². The number of amides is 2. The first-order valence-electron chi connectivity index (χ1n) is 7.92. The molecule has 2 N–H and O–H groups in total. The standard InChI is InChI=1S/C19H18F2N2O4/c1-19(2,18(26)23-15-9-8-11(20)10-13(15)21)17(25)22-14-7-5-4-6-12(14)16(24)27-3/h4-10H,1-3H3,(H,22,25)(H,23,26). The molecular formula is C19H18F2N2O4. The molecule has 2 amide bonds. The van der Waals surface area contributed by atoms with E-state index in [0.717, 1.165) is 12.1 Å². The van der Waals surface area contributed by atoms with Gasteiger partial charge in [-0.15, -0.1) is 0 Å². The Labute approximate surface area is 154 Å². The Kier molecular flexibility index (Phi) is 5.89. The largest absolute Gasteiger partial charge is 0.465 e. The maximum Gasteiger partial charge on any atom is 0.339 e. The van der Waals surface area contributed by atoms with E-state index in [1.54, 1.807) is 12.1 Å². The van der Waals surface area contributed by atoms with Gasteiger partial charge in [0.05, 0.1) is 24.0 Å². The molecule has 0 bridgehead atoms. The molecule has 0 aliphatic rings. The van der Waals surface area contributed by atoms with Gasteiger partial charge >= 0.3 is 5.97 Å². The van der Waals surface area contributed by atoms with E-state index in [0.29, 0.717) is 6.07 Å². The van der Waals surface area contributed by atoms with Gasteiger partial charge in [0.25, 0.3) is 0 Å². The summed E-state index contributed by atoms with van der Waals surface area (Å²) in [4.78, 5) is 36.8. The minimum absolute atomic E-state index is 0.120. The highest BCUT2D eigenvalue weighted by atomic mass is 19.1. The van der Waals surface area contributed by atoms with E-state index >= 15 is 0 Å². The van der Waals surface area contributed by atoms with Crippen LogP contribution >= 0.6 is 0 Å². The molecule has 2 rings (SSSR count). The van der Waals surface area contributed by atoms with Crippen molar-refractivity contribution >= 4 is 29.2 Å². The summed E-state index contributed by atoms with van der Waals surface area (Å²) in [6.45, 7) is 2.67. The van der Waals surface area contributed by atoms with Crippen molar-refractivity contribution in [2.24, 2.45) is 5.41 Å². The molecule has 27 heavy (non-hydrogen) atoms. The summed E-state index contributed by atoms with van der Waals surface area (Å²) in [6, 6.07) is 8.80. The Morgan fingerprint density at radius 2 is 1.52 bits per heavy atom. The zero-order valence-corrected chi connectivity index (χ0v) is 14.9. The normalized spacial score (nSPS) is 10.9. The molecule has 2 aromatic carbocycles. The van der Waals surface area contributed by atoms with Crippen LogP contribution in [0.3, 0.4) is 0 Å². The molecule has 0 radical (unpaired) electrons. The summed E-state index contributed by atoms with van der Waals surface area (Å²) in [5.41, 5.74) is -1.58. The van der Waals surface area contributed by atoms with Crippen LogP contribution in [0.25, 0.3) is 0 Å². The number of hydrogen-bond donors (Lipinski definition) is 2. The maximum atomic E-state index is 13.7. The van der Waals surface area contributed by atoms with Gasteiger partial charge in [-0.1, -0.05) is 12.1 Å². The maximum absolute atomic E-state index is 13.7. The summed E-state index contributed by atoms with van der Waals surface area (Å²) in [5.74, 6) is -3.93. The summed E-state index contributed by atoms with van der Waals surface area (Å²) in [6.07, 6.45) is 0. The molecule has 0 heterocycles. The minimum atomic E-state index is -1.62. The number of carbonyl (C=O) groups is 3. The molecule has 2 aromatic rings. The van der Waals surface area contributed by atoms with Gasteiger partial charge in [-0.05, 0) is 38.1 Å². The first-order chi connectivity index (χ1) is 12.7. The molecule has 0 saturated heterocycles. The highest BCUT2D eigenvalue weighted by Crippen LogP contribution is 2.24. The molecule has 142 valence electrons. The molecule has 0 saturated carbocycles. The summed E-state index contributed by atoms with van der Waals surface area (Å²) in [5, 5.41) is 4.76. The van der Waals surface area contributed by atoms with E-state index in [2.05, 4.69) is 15.4 Å². The molecule has 0 atom stereocenters. The fraction of sp³-hybridized carbons (Fsp3) is 0.211. The number of rotatable bonds is 5. The number of carbonyl (C=O) groups excluding carboxylic acids is 3. The fourth-order valence-electron chi connectivity index (χ4n) is 2.13. The van der Waals surface area contributed by atoms with Gasteiger partial charge in [-0.3, -0.25) is 9.59 Å². The van der Waals surface area contributed by atoms with Crippen molar-refractivity contribution < 1.29 is 27.9 Å². The number of ether oxygens (including phenoxy) is 1. The second kappa shape index (κ2) is 7.94. The SMILES string of the molecule is COC(=O)c1ccccc1NC(=O)C(C)(C)C(=O)Nc1ccc(F)cc1F. The van der Waals surface area contributed by atoms with Crippen molar-refractivity contribution in [3.05, 3.63) is 59.7 Å². The highest BCUT2D eigenvalue weighted by Gasteiger charge is 2.37. The van der Waals surface area contributed by atoms with Crippen molar-refractivity contribution in [3.8, 4) is 0 Å². The number of anilines is 2. The van der Waals surface area contributed by atoms with Crippen LogP contribution in [-0.4, -0.2) is 24.9 Å². The third-order valence-corrected chi connectivity index (χ3v) is 3.90. The van der Waals surface area contributed by atoms with Crippen LogP contribution in [0, 0.1) is 17.0 Å². The second-order valence-corrected chi connectivity index (χ2v) is 6.19. The minimum Gasteiger partial charge on any atom is -0.465 e. The molecule has 0 fully saturated rings. The van der Waals surface area contributed by atoms with Gasteiger partial charge in [0, 0.05) is 6.07 Å². The van der Waals surface area contributed by atoms with Gasteiger partial charge in [-0.25, -0.2) is 13.6 Å². The smallest absolute Gasteiger partial charge is 0.339 e. The molecular weight excluding hydrogens is 358 g/mol. The number of halogens is 2.